The Kier molecular flexibility index (Phi) is 3.85. The van der Waals surface area contributed by atoms with Crippen molar-refractivity contribution in [3.8, 4) is 0 Å². The molecule has 18 heavy (non-hydrogen) atoms. The summed E-state index contributed by atoms with van der Waals surface area (Å²) in [5, 5.41) is 10.5. The number of carbonyl (C=O) groups is 1. The molecule has 2 rings (SSSR count). The number of hydrogen-bond donors (Lipinski definition) is 2. The SMILES string of the molecule is NCc1cn(CC(=O)Nc2ncccc2Cl)nn1. The zero-order valence-corrected chi connectivity index (χ0v) is 10.1. The fraction of sp³-hybridized carbons (Fsp3) is 0.200. The van der Waals surface area contributed by atoms with Crippen molar-refractivity contribution in [3.05, 3.63) is 35.2 Å². The lowest BCUT2D eigenvalue weighted by Crippen LogP contribution is -2.20. The molecule has 8 heteroatoms. The van der Waals surface area contributed by atoms with Gasteiger partial charge in [-0.3, -0.25) is 4.79 Å². The summed E-state index contributed by atoms with van der Waals surface area (Å²) in [5.41, 5.74) is 6.02. The highest BCUT2D eigenvalue weighted by molar-refractivity contribution is 6.33. The monoisotopic (exact) mass is 266 g/mol. The summed E-state index contributed by atoms with van der Waals surface area (Å²) in [6, 6.07) is 3.33. The maximum atomic E-state index is 11.7. The first-order chi connectivity index (χ1) is 8.69. The van der Waals surface area contributed by atoms with Crippen LogP contribution in [-0.2, 0) is 17.9 Å². The van der Waals surface area contributed by atoms with E-state index in [-0.39, 0.29) is 19.0 Å². The third-order valence-corrected chi connectivity index (χ3v) is 2.42. The summed E-state index contributed by atoms with van der Waals surface area (Å²) in [6.45, 7) is 0.313. The number of pyridine rings is 1. The summed E-state index contributed by atoms with van der Waals surface area (Å²) >= 11 is 5.87. The van der Waals surface area contributed by atoms with Crippen molar-refractivity contribution in [2.45, 2.75) is 13.1 Å². The number of rotatable bonds is 4. The highest BCUT2D eigenvalue weighted by Gasteiger charge is 2.08. The molecule has 0 radical (unpaired) electrons. The van der Waals surface area contributed by atoms with E-state index in [1.807, 2.05) is 0 Å². The van der Waals surface area contributed by atoms with E-state index >= 15 is 0 Å². The third kappa shape index (κ3) is 3.02. The third-order valence-electron chi connectivity index (χ3n) is 2.12. The van der Waals surface area contributed by atoms with Crippen LogP contribution < -0.4 is 11.1 Å². The lowest BCUT2D eigenvalue weighted by Gasteiger charge is -2.05. The number of hydrogen-bond acceptors (Lipinski definition) is 5. The van der Waals surface area contributed by atoms with Gasteiger partial charge < -0.3 is 11.1 Å². The van der Waals surface area contributed by atoms with Crippen molar-refractivity contribution in [2.24, 2.45) is 5.73 Å². The minimum Gasteiger partial charge on any atom is -0.325 e. The van der Waals surface area contributed by atoms with Gasteiger partial charge >= 0.3 is 0 Å². The molecule has 0 saturated heterocycles. The van der Waals surface area contributed by atoms with Crippen LogP contribution in [0.3, 0.4) is 0 Å². The van der Waals surface area contributed by atoms with Gasteiger partial charge in [-0.1, -0.05) is 16.8 Å². The van der Waals surface area contributed by atoms with E-state index in [2.05, 4.69) is 20.6 Å². The molecule has 0 aliphatic rings. The molecule has 94 valence electrons. The van der Waals surface area contributed by atoms with Crippen LogP contribution in [-0.4, -0.2) is 25.9 Å². The molecule has 0 aliphatic carbocycles. The van der Waals surface area contributed by atoms with Crippen molar-refractivity contribution < 1.29 is 4.79 Å². The highest BCUT2D eigenvalue weighted by Crippen LogP contribution is 2.17. The second-order valence-electron chi connectivity index (χ2n) is 3.49. The summed E-state index contributed by atoms with van der Waals surface area (Å²) in [5.74, 6) is 0.0346. The Morgan fingerprint density at radius 3 is 3.06 bits per heavy atom. The molecule has 0 bridgehead atoms. The molecule has 2 aromatic rings. The van der Waals surface area contributed by atoms with Crippen molar-refractivity contribution >= 4 is 23.3 Å². The minimum atomic E-state index is -0.288. The molecule has 1 amide bonds. The molecule has 0 aromatic carbocycles. The molecule has 0 fully saturated rings. The van der Waals surface area contributed by atoms with E-state index in [0.717, 1.165) is 0 Å². The van der Waals surface area contributed by atoms with Gasteiger partial charge in [-0.25, -0.2) is 9.67 Å². The Morgan fingerprint density at radius 2 is 2.39 bits per heavy atom. The van der Waals surface area contributed by atoms with Crippen molar-refractivity contribution in [3.63, 3.8) is 0 Å². The second kappa shape index (κ2) is 5.56. The van der Waals surface area contributed by atoms with Crippen LogP contribution >= 0.6 is 11.6 Å². The maximum Gasteiger partial charge on any atom is 0.247 e. The summed E-state index contributed by atoms with van der Waals surface area (Å²) in [7, 11) is 0. The molecule has 2 heterocycles. The Morgan fingerprint density at radius 1 is 1.56 bits per heavy atom. The predicted octanol–water partition coefficient (Wildman–Crippen LogP) is 0.424. The Labute approximate surface area is 108 Å². The molecule has 0 saturated carbocycles. The number of anilines is 1. The number of nitrogens with two attached hydrogens (primary N) is 1. The minimum absolute atomic E-state index is 0.0277. The van der Waals surface area contributed by atoms with Crippen LogP contribution in [0.1, 0.15) is 5.69 Å². The first kappa shape index (κ1) is 12.5. The van der Waals surface area contributed by atoms with E-state index in [9.17, 15) is 4.79 Å². The van der Waals surface area contributed by atoms with Crippen molar-refractivity contribution in [1.29, 1.82) is 0 Å². The topological polar surface area (TPSA) is 98.7 Å². The molecular formula is C10H11ClN6O. The number of nitrogens with one attached hydrogen (secondary N) is 1. The number of amides is 1. The van der Waals surface area contributed by atoms with E-state index in [1.165, 1.54) is 4.68 Å². The van der Waals surface area contributed by atoms with Gasteiger partial charge in [0.05, 0.1) is 16.9 Å². The highest BCUT2D eigenvalue weighted by atomic mass is 35.5. The van der Waals surface area contributed by atoms with Gasteiger partial charge in [0.25, 0.3) is 0 Å². The summed E-state index contributed by atoms with van der Waals surface area (Å²) in [6.07, 6.45) is 3.16. The average molecular weight is 267 g/mol. The molecule has 0 atom stereocenters. The lowest BCUT2D eigenvalue weighted by atomic mass is 10.4. The zero-order chi connectivity index (χ0) is 13.0. The normalized spacial score (nSPS) is 10.3. The molecule has 0 aliphatic heterocycles. The van der Waals surface area contributed by atoms with Crippen LogP contribution in [0, 0.1) is 0 Å². The lowest BCUT2D eigenvalue weighted by molar-refractivity contribution is -0.116. The fourth-order valence-corrected chi connectivity index (χ4v) is 1.47. The van der Waals surface area contributed by atoms with Gasteiger partial charge in [0.2, 0.25) is 5.91 Å². The van der Waals surface area contributed by atoms with Gasteiger partial charge in [0.1, 0.15) is 6.54 Å². The Bertz CT molecular complexity index is 555. The van der Waals surface area contributed by atoms with E-state index < -0.39 is 0 Å². The molecule has 0 spiro atoms. The van der Waals surface area contributed by atoms with Crippen LogP contribution in [0.5, 0.6) is 0 Å². The van der Waals surface area contributed by atoms with Gasteiger partial charge in [0, 0.05) is 12.7 Å². The predicted molar refractivity (Wildman–Crippen MR) is 65.8 cm³/mol. The molecule has 3 N–H and O–H groups in total. The van der Waals surface area contributed by atoms with Gasteiger partial charge in [-0.2, -0.15) is 0 Å². The molecule has 2 aromatic heterocycles. The van der Waals surface area contributed by atoms with Crippen molar-refractivity contribution in [1.82, 2.24) is 20.0 Å². The van der Waals surface area contributed by atoms with E-state index in [1.54, 1.807) is 24.5 Å². The summed E-state index contributed by atoms with van der Waals surface area (Å²) in [4.78, 5) is 15.7. The number of halogens is 1. The molecule has 7 nitrogen and oxygen atoms in total. The maximum absolute atomic E-state index is 11.7. The van der Waals surface area contributed by atoms with Crippen LogP contribution in [0.4, 0.5) is 5.82 Å². The average Bonchev–Trinajstić information content (AvgIpc) is 2.80. The number of aromatic nitrogens is 4. The number of carbonyl (C=O) groups excluding carboxylic acids is 1. The first-order valence-electron chi connectivity index (χ1n) is 5.18. The fourth-order valence-electron chi connectivity index (χ4n) is 1.31. The smallest absolute Gasteiger partial charge is 0.247 e. The van der Waals surface area contributed by atoms with Gasteiger partial charge in [-0.05, 0) is 12.1 Å². The Balaban J connectivity index is 1.99. The summed E-state index contributed by atoms with van der Waals surface area (Å²) < 4.78 is 1.40. The van der Waals surface area contributed by atoms with Gasteiger partial charge in [0.15, 0.2) is 5.82 Å². The molecular weight excluding hydrogens is 256 g/mol. The van der Waals surface area contributed by atoms with E-state index in [4.69, 9.17) is 17.3 Å². The standard InChI is InChI=1S/C10H11ClN6O/c11-8-2-1-3-13-10(8)14-9(18)6-17-5-7(4-12)15-16-17/h1-3,5H,4,6,12H2,(H,13,14,18). The molecule has 0 unspecified atom stereocenters. The Hall–Kier alpha value is -1.99. The second-order valence-corrected chi connectivity index (χ2v) is 3.90. The van der Waals surface area contributed by atoms with Crippen LogP contribution in [0.15, 0.2) is 24.5 Å². The van der Waals surface area contributed by atoms with Crippen molar-refractivity contribution in [2.75, 3.05) is 5.32 Å². The van der Waals surface area contributed by atoms with Crippen LogP contribution in [0.25, 0.3) is 0 Å². The zero-order valence-electron chi connectivity index (χ0n) is 9.38. The quantitative estimate of drug-likeness (QED) is 0.836. The van der Waals surface area contributed by atoms with Crippen LogP contribution in [0.2, 0.25) is 5.02 Å². The van der Waals surface area contributed by atoms with Gasteiger partial charge in [-0.15, -0.1) is 5.10 Å². The number of nitrogens with zero attached hydrogens (tertiary/aromatic N) is 4. The largest absolute Gasteiger partial charge is 0.325 e. The van der Waals surface area contributed by atoms with E-state index in [0.29, 0.717) is 16.5 Å². The first-order valence-corrected chi connectivity index (χ1v) is 5.56.